The van der Waals surface area contributed by atoms with E-state index in [0.717, 1.165) is 16.2 Å². The zero-order chi connectivity index (χ0) is 16.6. The quantitative estimate of drug-likeness (QED) is 0.450. The zero-order valence-corrected chi connectivity index (χ0v) is 14.0. The molecule has 0 heterocycles. The summed E-state index contributed by atoms with van der Waals surface area (Å²) in [4.78, 5) is 13.4. The number of carbonyl (C=O) groups excluding carboxylic acids is 1. The molecular weight excluding hydrogens is 316 g/mol. The molecule has 0 aliphatic carbocycles. The first-order valence-corrected chi connectivity index (χ1v) is 8.78. The van der Waals surface area contributed by atoms with Gasteiger partial charge in [0.2, 0.25) is 0 Å². The third-order valence-corrected chi connectivity index (χ3v) is 4.70. The Balaban J connectivity index is 1.65. The average Bonchev–Trinajstić information content (AvgIpc) is 2.66. The highest BCUT2D eigenvalue weighted by Gasteiger charge is 2.13. The van der Waals surface area contributed by atoms with Crippen molar-refractivity contribution < 1.29 is 9.53 Å². The molecule has 120 valence electrons. The monoisotopic (exact) mass is 334 g/mol. The molecule has 3 heteroatoms. The summed E-state index contributed by atoms with van der Waals surface area (Å²) in [7, 11) is 0. The summed E-state index contributed by atoms with van der Waals surface area (Å²) < 4.78 is 5.45. The molecule has 3 aromatic rings. The molecule has 24 heavy (non-hydrogen) atoms. The molecule has 0 atom stereocenters. The summed E-state index contributed by atoms with van der Waals surface area (Å²) in [5.74, 6) is 0.541. The number of carbonyl (C=O) groups is 1. The molecule has 0 radical (unpaired) electrons. The van der Waals surface area contributed by atoms with Crippen LogP contribution in [0.25, 0.3) is 0 Å². The lowest BCUT2D eigenvalue weighted by molar-refractivity contribution is 0.0468. The van der Waals surface area contributed by atoms with Crippen LogP contribution in [-0.2, 0) is 17.1 Å². The van der Waals surface area contributed by atoms with Gasteiger partial charge in [-0.25, -0.2) is 4.79 Å². The minimum absolute atomic E-state index is 0.282. The molecule has 0 aromatic heterocycles. The zero-order valence-electron chi connectivity index (χ0n) is 13.2. The topological polar surface area (TPSA) is 26.3 Å². The van der Waals surface area contributed by atoms with E-state index in [-0.39, 0.29) is 12.6 Å². The molecule has 0 aliphatic heterocycles. The van der Waals surface area contributed by atoms with Gasteiger partial charge in [-0.1, -0.05) is 72.8 Å². The Bertz CT molecular complexity index is 785. The molecule has 3 rings (SSSR count). The fourth-order valence-corrected chi connectivity index (χ4v) is 3.29. The number of ether oxygens (including phenoxy) is 1. The van der Waals surface area contributed by atoms with Gasteiger partial charge in [-0.15, -0.1) is 11.8 Å². The normalized spacial score (nSPS) is 10.3. The highest BCUT2D eigenvalue weighted by molar-refractivity contribution is 7.98. The maximum atomic E-state index is 12.4. The van der Waals surface area contributed by atoms with Gasteiger partial charge in [0.15, 0.2) is 0 Å². The molecule has 0 aliphatic rings. The van der Waals surface area contributed by atoms with Crippen LogP contribution in [0.15, 0.2) is 89.8 Å². The van der Waals surface area contributed by atoms with E-state index < -0.39 is 0 Å². The highest BCUT2D eigenvalue weighted by Crippen LogP contribution is 2.27. The third kappa shape index (κ3) is 4.49. The lowest BCUT2D eigenvalue weighted by atomic mass is 10.2. The van der Waals surface area contributed by atoms with Crippen LogP contribution in [-0.4, -0.2) is 5.97 Å². The second kappa shape index (κ2) is 8.37. The number of hydrogen-bond acceptors (Lipinski definition) is 3. The molecule has 0 saturated carbocycles. The van der Waals surface area contributed by atoms with Crippen LogP contribution in [0.3, 0.4) is 0 Å². The van der Waals surface area contributed by atoms with Crippen LogP contribution in [0.2, 0.25) is 0 Å². The van der Waals surface area contributed by atoms with Crippen molar-refractivity contribution in [1.29, 1.82) is 0 Å². The van der Waals surface area contributed by atoms with Gasteiger partial charge in [0.05, 0.1) is 5.56 Å². The second-order valence-electron chi connectivity index (χ2n) is 5.33. The van der Waals surface area contributed by atoms with Crippen LogP contribution < -0.4 is 0 Å². The van der Waals surface area contributed by atoms with E-state index in [2.05, 4.69) is 12.1 Å². The molecule has 0 fully saturated rings. The fraction of sp³-hybridized carbons (Fsp3) is 0.0952. The Kier molecular flexibility index (Phi) is 5.70. The van der Waals surface area contributed by atoms with Crippen molar-refractivity contribution in [1.82, 2.24) is 0 Å². The standard InChI is InChI=1S/C21H18O2S/c22-21(23-15-17-9-3-1-4-10-17)19-13-7-8-14-20(19)24-16-18-11-5-2-6-12-18/h1-14H,15-16H2. The number of esters is 1. The van der Waals surface area contributed by atoms with E-state index in [1.54, 1.807) is 11.8 Å². The van der Waals surface area contributed by atoms with Crippen LogP contribution in [0.5, 0.6) is 0 Å². The van der Waals surface area contributed by atoms with E-state index >= 15 is 0 Å². The Hall–Kier alpha value is -2.52. The fourth-order valence-electron chi connectivity index (χ4n) is 2.30. The van der Waals surface area contributed by atoms with Gasteiger partial charge < -0.3 is 4.74 Å². The van der Waals surface area contributed by atoms with Gasteiger partial charge in [-0.05, 0) is 23.3 Å². The van der Waals surface area contributed by atoms with Crippen molar-refractivity contribution >= 4 is 17.7 Å². The van der Waals surface area contributed by atoms with Crippen molar-refractivity contribution in [3.05, 3.63) is 102 Å². The van der Waals surface area contributed by atoms with Crippen molar-refractivity contribution in [2.75, 3.05) is 0 Å². The lowest BCUT2D eigenvalue weighted by Gasteiger charge is -2.09. The van der Waals surface area contributed by atoms with Crippen molar-refractivity contribution in [3.8, 4) is 0 Å². The first-order valence-electron chi connectivity index (χ1n) is 7.80. The lowest BCUT2D eigenvalue weighted by Crippen LogP contribution is -2.06. The SMILES string of the molecule is O=C(OCc1ccccc1)c1ccccc1SCc1ccccc1. The van der Waals surface area contributed by atoms with E-state index in [1.807, 2.05) is 72.8 Å². The first-order chi connectivity index (χ1) is 11.8. The molecule has 0 spiro atoms. The maximum Gasteiger partial charge on any atom is 0.339 e. The molecule has 0 amide bonds. The maximum absolute atomic E-state index is 12.4. The minimum Gasteiger partial charge on any atom is -0.457 e. The Morgan fingerprint density at radius 3 is 2.04 bits per heavy atom. The van der Waals surface area contributed by atoms with E-state index in [1.165, 1.54) is 5.56 Å². The van der Waals surface area contributed by atoms with Crippen molar-refractivity contribution in [3.63, 3.8) is 0 Å². The van der Waals surface area contributed by atoms with Crippen LogP contribution in [0.4, 0.5) is 0 Å². The smallest absolute Gasteiger partial charge is 0.339 e. The Labute approximate surface area is 146 Å². The van der Waals surface area contributed by atoms with Gasteiger partial charge in [0.1, 0.15) is 6.61 Å². The second-order valence-corrected chi connectivity index (χ2v) is 6.35. The predicted molar refractivity (Wildman–Crippen MR) is 98.0 cm³/mol. The molecule has 0 N–H and O–H groups in total. The van der Waals surface area contributed by atoms with Crippen LogP contribution in [0.1, 0.15) is 21.5 Å². The predicted octanol–water partition coefficient (Wildman–Crippen LogP) is 5.34. The van der Waals surface area contributed by atoms with Gasteiger partial charge in [0, 0.05) is 10.6 Å². The van der Waals surface area contributed by atoms with Crippen molar-refractivity contribution in [2.24, 2.45) is 0 Å². The highest BCUT2D eigenvalue weighted by atomic mass is 32.2. The summed E-state index contributed by atoms with van der Waals surface area (Å²) in [5.41, 5.74) is 2.84. The largest absolute Gasteiger partial charge is 0.457 e. The van der Waals surface area contributed by atoms with Gasteiger partial charge in [-0.2, -0.15) is 0 Å². The first kappa shape index (κ1) is 16.3. The minimum atomic E-state index is -0.282. The third-order valence-electron chi connectivity index (χ3n) is 3.56. The van der Waals surface area contributed by atoms with Crippen molar-refractivity contribution in [2.45, 2.75) is 17.3 Å². The molecule has 3 aromatic carbocycles. The molecular formula is C21H18O2S. The summed E-state index contributed by atoms with van der Waals surface area (Å²) >= 11 is 1.65. The molecule has 0 bridgehead atoms. The summed E-state index contributed by atoms with van der Waals surface area (Å²) in [6, 6.07) is 27.5. The average molecular weight is 334 g/mol. The summed E-state index contributed by atoms with van der Waals surface area (Å²) in [6.45, 7) is 0.289. The van der Waals surface area contributed by atoms with Crippen LogP contribution >= 0.6 is 11.8 Å². The van der Waals surface area contributed by atoms with E-state index in [0.29, 0.717) is 5.56 Å². The number of hydrogen-bond donors (Lipinski definition) is 0. The van der Waals surface area contributed by atoms with Gasteiger partial charge >= 0.3 is 5.97 Å². The van der Waals surface area contributed by atoms with Gasteiger partial charge in [0.25, 0.3) is 0 Å². The Morgan fingerprint density at radius 1 is 0.750 bits per heavy atom. The number of thioether (sulfide) groups is 1. The summed E-state index contributed by atoms with van der Waals surface area (Å²) in [5, 5.41) is 0. The molecule has 0 saturated heterocycles. The molecule has 0 unspecified atom stereocenters. The van der Waals surface area contributed by atoms with Gasteiger partial charge in [-0.3, -0.25) is 0 Å². The molecule has 2 nitrogen and oxygen atoms in total. The van der Waals surface area contributed by atoms with E-state index in [9.17, 15) is 4.79 Å². The summed E-state index contributed by atoms with van der Waals surface area (Å²) in [6.07, 6.45) is 0. The number of rotatable bonds is 6. The number of benzene rings is 3. The van der Waals surface area contributed by atoms with Crippen LogP contribution in [0, 0.1) is 0 Å². The Morgan fingerprint density at radius 2 is 1.33 bits per heavy atom. The van der Waals surface area contributed by atoms with E-state index in [4.69, 9.17) is 4.74 Å².